The highest BCUT2D eigenvalue weighted by molar-refractivity contribution is 9.10. The van der Waals surface area contributed by atoms with Crippen molar-refractivity contribution in [2.45, 2.75) is 26.3 Å². The molecule has 2 rings (SSSR count). The van der Waals surface area contributed by atoms with Crippen LogP contribution in [-0.2, 0) is 0 Å². The van der Waals surface area contributed by atoms with E-state index in [1.165, 1.54) is 6.33 Å². The topological polar surface area (TPSA) is 73.1 Å². The lowest BCUT2D eigenvalue weighted by molar-refractivity contribution is 0.464. The van der Waals surface area contributed by atoms with Crippen LogP contribution < -0.4 is 15.8 Å². The SMILES string of the molecule is CCC(C)Nc1ncnc(Oc2ccc(Br)cc2)c1N. The maximum Gasteiger partial charge on any atom is 0.248 e. The van der Waals surface area contributed by atoms with Gasteiger partial charge in [0, 0.05) is 10.5 Å². The summed E-state index contributed by atoms with van der Waals surface area (Å²) in [6, 6.07) is 7.75. The first-order valence-corrected chi connectivity index (χ1v) is 7.20. The fraction of sp³-hybridized carbons (Fsp3) is 0.286. The minimum absolute atomic E-state index is 0.285. The number of hydrogen-bond acceptors (Lipinski definition) is 5. The lowest BCUT2D eigenvalue weighted by atomic mass is 10.2. The predicted molar refractivity (Wildman–Crippen MR) is 84.0 cm³/mol. The number of halogens is 1. The van der Waals surface area contributed by atoms with Crippen molar-refractivity contribution in [3.63, 3.8) is 0 Å². The van der Waals surface area contributed by atoms with E-state index in [9.17, 15) is 0 Å². The highest BCUT2D eigenvalue weighted by atomic mass is 79.9. The second kappa shape index (κ2) is 6.56. The molecule has 0 saturated carbocycles. The molecular formula is C14H17BrN4O. The molecule has 1 aromatic heterocycles. The molecule has 0 fully saturated rings. The number of nitrogens with zero attached hydrogens (tertiary/aromatic N) is 2. The molecule has 0 aliphatic heterocycles. The molecule has 0 spiro atoms. The Morgan fingerprint density at radius 1 is 1.30 bits per heavy atom. The summed E-state index contributed by atoms with van der Waals surface area (Å²) < 4.78 is 6.67. The van der Waals surface area contributed by atoms with Crippen LogP contribution in [-0.4, -0.2) is 16.0 Å². The van der Waals surface area contributed by atoms with E-state index in [1.54, 1.807) is 0 Å². The van der Waals surface area contributed by atoms with Crippen LogP contribution in [0.25, 0.3) is 0 Å². The summed E-state index contributed by atoms with van der Waals surface area (Å²) in [6.45, 7) is 4.16. The third-order valence-corrected chi connectivity index (χ3v) is 3.40. The van der Waals surface area contributed by atoms with Crippen molar-refractivity contribution in [1.82, 2.24) is 9.97 Å². The molecule has 20 heavy (non-hydrogen) atoms. The summed E-state index contributed by atoms with van der Waals surface area (Å²) in [7, 11) is 0. The molecule has 2 aromatic rings. The van der Waals surface area contributed by atoms with Crippen LogP contribution in [0.15, 0.2) is 35.1 Å². The van der Waals surface area contributed by atoms with E-state index in [0.29, 0.717) is 23.1 Å². The molecule has 5 nitrogen and oxygen atoms in total. The Balaban J connectivity index is 2.20. The number of nitrogens with two attached hydrogens (primary N) is 1. The Kier molecular flexibility index (Phi) is 4.79. The molecule has 6 heteroatoms. The number of rotatable bonds is 5. The largest absolute Gasteiger partial charge is 0.437 e. The standard InChI is InChI=1S/C14H17BrN4O/c1-3-9(2)19-13-12(16)14(18-8-17-13)20-11-6-4-10(15)5-7-11/h4-9H,3,16H2,1-2H3,(H,17,18,19). The smallest absolute Gasteiger partial charge is 0.248 e. The van der Waals surface area contributed by atoms with Gasteiger partial charge in [-0.2, -0.15) is 4.98 Å². The van der Waals surface area contributed by atoms with Crippen molar-refractivity contribution in [3.8, 4) is 11.6 Å². The van der Waals surface area contributed by atoms with E-state index in [-0.39, 0.29) is 6.04 Å². The molecular weight excluding hydrogens is 320 g/mol. The lowest BCUT2D eigenvalue weighted by Gasteiger charge is -2.15. The van der Waals surface area contributed by atoms with E-state index >= 15 is 0 Å². The predicted octanol–water partition coefficient (Wildman–Crippen LogP) is 3.82. The van der Waals surface area contributed by atoms with Gasteiger partial charge in [-0.15, -0.1) is 0 Å². The number of anilines is 2. The molecule has 0 bridgehead atoms. The van der Waals surface area contributed by atoms with Gasteiger partial charge in [0.1, 0.15) is 17.8 Å². The Morgan fingerprint density at radius 3 is 2.65 bits per heavy atom. The van der Waals surface area contributed by atoms with Crippen LogP contribution >= 0.6 is 15.9 Å². The first-order chi connectivity index (χ1) is 9.60. The number of nitrogens with one attached hydrogen (secondary N) is 1. The summed E-state index contributed by atoms with van der Waals surface area (Å²) in [6.07, 6.45) is 2.42. The minimum Gasteiger partial charge on any atom is -0.437 e. The van der Waals surface area contributed by atoms with Crippen molar-refractivity contribution < 1.29 is 4.74 Å². The lowest BCUT2D eigenvalue weighted by Crippen LogP contribution is -2.16. The number of nitrogen functional groups attached to an aromatic ring is 1. The van der Waals surface area contributed by atoms with Gasteiger partial charge in [0.25, 0.3) is 0 Å². The van der Waals surface area contributed by atoms with Crippen molar-refractivity contribution in [2.75, 3.05) is 11.1 Å². The zero-order valence-corrected chi connectivity index (χ0v) is 13.0. The Bertz CT molecular complexity index is 574. The summed E-state index contributed by atoms with van der Waals surface area (Å²) in [5.74, 6) is 1.63. The first-order valence-electron chi connectivity index (χ1n) is 6.40. The van der Waals surface area contributed by atoms with Gasteiger partial charge in [0.05, 0.1) is 0 Å². The molecule has 0 aliphatic rings. The van der Waals surface area contributed by atoms with Crippen molar-refractivity contribution in [3.05, 3.63) is 35.1 Å². The average molecular weight is 337 g/mol. The summed E-state index contributed by atoms with van der Waals surface area (Å²) >= 11 is 3.38. The molecule has 0 saturated heterocycles. The molecule has 1 aromatic carbocycles. The number of aromatic nitrogens is 2. The van der Waals surface area contributed by atoms with Crippen molar-refractivity contribution >= 4 is 27.4 Å². The van der Waals surface area contributed by atoms with E-state index in [1.807, 2.05) is 24.3 Å². The fourth-order valence-corrected chi connectivity index (χ4v) is 1.79. The molecule has 106 valence electrons. The van der Waals surface area contributed by atoms with Crippen LogP contribution in [0.4, 0.5) is 11.5 Å². The van der Waals surface area contributed by atoms with Gasteiger partial charge in [-0.3, -0.25) is 0 Å². The average Bonchev–Trinajstić information content (AvgIpc) is 2.45. The first kappa shape index (κ1) is 14.6. The van der Waals surface area contributed by atoms with Crippen LogP contribution in [0.5, 0.6) is 11.6 Å². The Hall–Kier alpha value is -1.82. The van der Waals surface area contributed by atoms with Gasteiger partial charge < -0.3 is 15.8 Å². The van der Waals surface area contributed by atoms with Crippen LogP contribution in [0.3, 0.4) is 0 Å². The minimum atomic E-state index is 0.285. The van der Waals surface area contributed by atoms with Gasteiger partial charge in [-0.25, -0.2) is 4.98 Å². The molecule has 0 aliphatic carbocycles. The van der Waals surface area contributed by atoms with Gasteiger partial charge in [0.2, 0.25) is 5.88 Å². The van der Waals surface area contributed by atoms with E-state index in [0.717, 1.165) is 10.9 Å². The van der Waals surface area contributed by atoms with E-state index in [4.69, 9.17) is 10.5 Å². The molecule has 1 atom stereocenters. The second-order valence-electron chi connectivity index (χ2n) is 4.45. The zero-order valence-electron chi connectivity index (χ0n) is 11.4. The normalized spacial score (nSPS) is 11.9. The van der Waals surface area contributed by atoms with Crippen LogP contribution in [0, 0.1) is 0 Å². The maximum absolute atomic E-state index is 6.04. The number of benzene rings is 1. The monoisotopic (exact) mass is 336 g/mol. The fourth-order valence-electron chi connectivity index (χ4n) is 1.53. The Labute approximate surface area is 126 Å². The highest BCUT2D eigenvalue weighted by Crippen LogP contribution is 2.30. The molecule has 1 unspecified atom stereocenters. The summed E-state index contributed by atoms with van der Waals surface area (Å²) in [5, 5.41) is 3.23. The van der Waals surface area contributed by atoms with Gasteiger partial charge in [-0.1, -0.05) is 22.9 Å². The third-order valence-electron chi connectivity index (χ3n) is 2.87. The van der Waals surface area contributed by atoms with Gasteiger partial charge in [-0.05, 0) is 37.6 Å². The number of hydrogen-bond donors (Lipinski definition) is 2. The van der Waals surface area contributed by atoms with Crippen LogP contribution in [0.2, 0.25) is 0 Å². The molecule has 0 amide bonds. The Morgan fingerprint density at radius 2 is 2.00 bits per heavy atom. The van der Waals surface area contributed by atoms with E-state index < -0.39 is 0 Å². The van der Waals surface area contributed by atoms with Crippen molar-refractivity contribution in [1.29, 1.82) is 0 Å². The zero-order chi connectivity index (χ0) is 14.5. The van der Waals surface area contributed by atoms with E-state index in [2.05, 4.69) is 45.1 Å². The third kappa shape index (κ3) is 3.60. The second-order valence-corrected chi connectivity index (χ2v) is 5.37. The molecule has 3 N–H and O–H groups in total. The summed E-state index contributed by atoms with van der Waals surface area (Å²) in [4.78, 5) is 8.23. The quantitative estimate of drug-likeness (QED) is 0.868. The maximum atomic E-state index is 6.04. The van der Waals surface area contributed by atoms with Gasteiger partial charge >= 0.3 is 0 Å². The number of ether oxygens (including phenoxy) is 1. The van der Waals surface area contributed by atoms with Gasteiger partial charge in [0.15, 0.2) is 5.82 Å². The molecule has 0 radical (unpaired) electrons. The summed E-state index contributed by atoms with van der Waals surface area (Å²) in [5.41, 5.74) is 6.46. The highest BCUT2D eigenvalue weighted by Gasteiger charge is 2.11. The molecule has 1 heterocycles. The van der Waals surface area contributed by atoms with Crippen LogP contribution in [0.1, 0.15) is 20.3 Å². The van der Waals surface area contributed by atoms with Crippen molar-refractivity contribution in [2.24, 2.45) is 0 Å².